The first-order chi connectivity index (χ1) is 5.74. The van der Waals surface area contributed by atoms with Gasteiger partial charge in [-0.2, -0.15) is 0 Å². The first-order valence-electron chi connectivity index (χ1n) is 3.46. The van der Waals surface area contributed by atoms with Crippen molar-refractivity contribution in [1.82, 2.24) is 0 Å². The first-order valence-corrected chi connectivity index (χ1v) is 3.84. The quantitative estimate of drug-likeness (QED) is 0.753. The number of aliphatic hydroxyl groups is 1. The molecular weight excluding hydrogens is 179 g/mol. The normalized spacial score (nSPS) is 11.8. The number of hydrogen-bond acceptors (Lipinski definition) is 1. The first kappa shape index (κ1) is 9.23. The molecule has 0 spiro atoms. The molecule has 1 rings (SSSR count). The maximum Gasteiger partial charge on any atom is 0.128 e. The molecule has 0 saturated heterocycles. The van der Waals surface area contributed by atoms with Gasteiger partial charge in [-0.3, -0.25) is 0 Å². The fraction of sp³-hybridized carbons (Fsp3) is 0.111. The van der Waals surface area contributed by atoms with Crippen LogP contribution in [0.15, 0.2) is 30.3 Å². The van der Waals surface area contributed by atoms with E-state index in [0.717, 1.165) is 6.08 Å². The van der Waals surface area contributed by atoms with Crippen LogP contribution in [0.2, 0.25) is 5.02 Å². The average molecular weight is 187 g/mol. The minimum absolute atomic E-state index is 0.297. The van der Waals surface area contributed by atoms with Gasteiger partial charge in [-0.05, 0) is 18.2 Å². The Labute approximate surface area is 75.1 Å². The molecule has 0 aliphatic heterocycles. The molecular formula is C9H8ClFO. The molecule has 0 heterocycles. The van der Waals surface area contributed by atoms with Gasteiger partial charge in [0.1, 0.15) is 5.83 Å². The number of halogens is 2. The van der Waals surface area contributed by atoms with Gasteiger partial charge in [-0.1, -0.05) is 23.7 Å². The smallest absolute Gasteiger partial charge is 0.128 e. The lowest BCUT2D eigenvalue weighted by Gasteiger charge is -1.96. The number of aliphatic hydroxyl groups excluding tert-OH is 1. The van der Waals surface area contributed by atoms with Crippen molar-refractivity contribution in [3.05, 3.63) is 40.9 Å². The lowest BCUT2D eigenvalue weighted by Crippen LogP contribution is -1.80. The standard InChI is InChI=1S/C9H8ClFO/c10-8-3-1-7(2-4-8)9(11)5-6-12/h1-5,12H,6H2/b9-5+. The monoisotopic (exact) mass is 186 g/mol. The average Bonchev–Trinajstić information content (AvgIpc) is 2.06. The van der Waals surface area contributed by atoms with Crippen LogP contribution in [0.5, 0.6) is 0 Å². The van der Waals surface area contributed by atoms with Crippen LogP contribution in [0.25, 0.3) is 5.83 Å². The van der Waals surface area contributed by atoms with Crippen molar-refractivity contribution in [2.45, 2.75) is 0 Å². The van der Waals surface area contributed by atoms with Crippen molar-refractivity contribution in [2.24, 2.45) is 0 Å². The van der Waals surface area contributed by atoms with Gasteiger partial charge < -0.3 is 5.11 Å². The highest BCUT2D eigenvalue weighted by atomic mass is 35.5. The van der Waals surface area contributed by atoms with E-state index in [1.165, 1.54) is 0 Å². The lowest BCUT2D eigenvalue weighted by molar-refractivity contribution is 0.342. The van der Waals surface area contributed by atoms with E-state index in [1.807, 2.05) is 0 Å². The van der Waals surface area contributed by atoms with Crippen LogP contribution in [0, 0.1) is 0 Å². The molecule has 0 fully saturated rings. The van der Waals surface area contributed by atoms with Gasteiger partial charge in [-0.25, -0.2) is 4.39 Å². The molecule has 3 heteroatoms. The molecule has 1 aromatic carbocycles. The zero-order chi connectivity index (χ0) is 8.97. The van der Waals surface area contributed by atoms with Gasteiger partial charge in [-0.15, -0.1) is 0 Å². The van der Waals surface area contributed by atoms with Gasteiger partial charge in [0.2, 0.25) is 0 Å². The van der Waals surface area contributed by atoms with E-state index >= 15 is 0 Å². The van der Waals surface area contributed by atoms with Gasteiger partial charge in [0.25, 0.3) is 0 Å². The van der Waals surface area contributed by atoms with Crippen molar-refractivity contribution in [2.75, 3.05) is 6.61 Å². The summed E-state index contributed by atoms with van der Waals surface area (Å²) >= 11 is 5.60. The van der Waals surface area contributed by atoms with E-state index in [2.05, 4.69) is 0 Å². The summed E-state index contributed by atoms with van der Waals surface area (Å²) in [5, 5.41) is 8.98. The highest BCUT2D eigenvalue weighted by molar-refractivity contribution is 6.30. The molecule has 0 aliphatic carbocycles. The molecule has 0 amide bonds. The Morgan fingerprint density at radius 2 is 2.00 bits per heavy atom. The molecule has 12 heavy (non-hydrogen) atoms. The largest absolute Gasteiger partial charge is 0.392 e. The molecule has 1 nitrogen and oxygen atoms in total. The van der Waals surface area contributed by atoms with Crippen LogP contribution >= 0.6 is 11.6 Å². The fourth-order valence-corrected chi connectivity index (χ4v) is 0.933. The molecule has 64 valence electrons. The van der Waals surface area contributed by atoms with Gasteiger partial charge >= 0.3 is 0 Å². The van der Waals surface area contributed by atoms with Crippen molar-refractivity contribution in [3.8, 4) is 0 Å². The fourth-order valence-electron chi connectivity index (χ4n) is 0.807. The van der Waals surface area contributed by atoms with E-state index in [-0.39, 0.29) is 6.61 Å². The minimum atomic E-state index is -0.436. The highest BCUT2D eigenvalue weighted by Crippen LogP contribution is 2.17. The molecule has 0 saturated carbocycles. The van der Waals surface area contributed by atoms with E-state index < -0.39 is 5.83 Å². The molecule has 0 unspecified atom stereocenters. The summed E-state index contributed by atoms with van der Waals surface area (Å²) in [6, 6.07) is 6.32. The number of hydrogen-bond donors (Lipinski definition) is 1. The topological polar surface area (TPSA) is 20.2 Å². The summed E-state index contributed by atoms with van der Waals surface area (Å²) in [7, 11) is 0. The maximum atomic E-state index is 12.9. The van der Waals surface area contributed by atoms with E-state index in [9.17, 15) is 4.39 Å². The lowest BCUT2D eigenvalue weighted by atomic mass is 10.2. The Morgan fingerprint density at radius 3 is 2.50 bits per heavy atom. The molecule has 1 N–H and O–H groups in total. The summed E-state index contributed by atoms with van der Waals surface area (Å²) in [6.45, 7) is -0.297. The predicted molar refractivity (Wildman–Crippen MR) is 47.6 cm³/mol. The number of rotatable bonds is 2. The second-order valence-corrected chi connectivity index (χ2v) is 2.68. The predicted octanol–water partition coefficient (Wildman–Crippen LogP) is 2.64. The Balaban J connectivity index is 2.89. The van der Waals surface area contributed by atoms with E-state index in [1.54, 1.807) is 24.3 Å². The summed E-state index contributed by atoms with van der Waals surface area (Å²) in [5.41, 5.74) is 0.424. The minimum Gasteiger partial charge on any atom is -0.392 e. The summed E-state index contributed by atoms with van der Waals surface area (Å²) in [5.74, 6) is -0.436. The van der Waals surface area contributed by atoms with Crippen LogP contribution in [-0.4, -0.2) is 11.7 Å². The SMILES string of the molecule is OC/C=C(/F)c1ccc(Cl)cc1. The third-order valence-electron chi connectivity index (χ3n) is 1.39. The Bertz CT molecular complexity index is 279. The van der Waals surface area contributed by atoms with Crippen molar-refractivity contribution < 1.29 is 9.50 Å². The third-order valence-corrected chi connectivity index (χ3v) is 1.64. The summed E-state index contributed by atoms with van der Waals surface area (Å²) in [6.07, 6.45) is 1.10. The molecule has 0 bridgehead atoms. The number of benzene rings is 1. The Kier molecular flexibility index (Phi) is 3.26. The zero-order valence-electron chi connectivity index (χ0n) is 6.30. The van der Waals surface area contributed by atoms with E-state index in [0.29, 0.717) is 10.6 Å². The van der Waals surface area contributed by atoms with Gasteiger partial charge in [0.05, 0.1) is 6.61 Å². The molecule has 0 radical (unpaired) electrons. The summed E-state index contributed by atoms with van der Waals surface area (Å²) < 4.78 is 12.9. The molecule has 0 aromatic heterocycles. The third kappa shape index (κ3) is 2.32. The van der Waals surface area contributed by atoms with Gasteiger partial charge in [0.15, 0.2) is 0 Å². The van der Waals surface area contributed by atoms with Gasteiger partial charge in [0, 0.05) is 10.6 Å². The Morgan fingerprint density at radius 1 is 1.42 bits per heavy atom. The second kappa shape index (κ2) is 4.24. The van der Waals surface area contributed by atoms with Crippen molar-refractivity contribution in [3.63, 3.8) is 0 Å². The molecule has 1 aromatic rings. The summed E-state index contributed by atoms with van der Waals surface area (Å²) in [4.78, 5) is 0. The Hall–Kier alpha value is -0.860. The van der Waals surface area contributed by atoms with Crippen LogP contribution in [0.4, 0.5) is 4.39 Å². The highest BCUT2D eigenvalue weighted by Gasteiger charge is 1.97. The van der Waals surface area contributed by atoms with Crippen molar-refractivity contribution in [1.29, 1.82) is 0 Å². The van der Waals surface area contributed by atoms with Crippen molar-refractivity contribution >= 4 is 17.4 Å². The van der Waals surface area contributed by atoms with Crippen LogP contribution in [0.3, 0.4) is 0 Å². The second-order valence-electron chi connectivity index (χ2n) is 2.24. The zero-order valence-corrected chi connectivity index (χ0v) is 7.05. The maximum absolute atomic E-state index is 12.9. The van der Waals surface area contributed by atoms with E-state index in [4.69, 9.17) is 16.7 Å². The van der Waals surface area contributed by atoms with Crippen LogP contribution < -0.4 is 0 Å². The molecule has 0 aliphatic rings. The van der Waals surface area contributed by atoms with Crippen LogP contribution in [0.1, 0.15) is 5.56 Å². The van der Waals surface area contributed by atoms with Crippen LogP contribution in [-0.2, 0) is 0 Å². The molecule has 0 atom stereocenters.